The summed E-state index contributed by atoms with van der Waals surface area (Å²) >= 11 is 0. The van der Waals surface area contributed by atoms with Crippen LogP contribution in [0.15, 0.2) is 107 Å². The summed E-state index contributed by atoms with van der Waals surface area (Å²) in [6, 6.07) is 15.1. The summed E-state index contributed by atoms with van der Waals surface area (Å²) in [5, 5.41) is 11.3. The maximum atomic E-state index is 12.4. The fourth-order valence-corrected chi connectivity index (χ4v) is 9.72. The highest BCUT2D eigenvalue weighted by Gasteiger charge is 2.45. The van der Waals surface area contributed by atoms with Crippen LogP contribution in [0.2, 0.25) is 0 Å². The molecule has 388 valence electrons. The molecule has 2 N–H and O–H groups in total. The van der Waals surface area contributed by atoms with Crippen LogP contribution in [0.25, 0.3) is 0 Å². The van der Waals surface area contributed by atoms with Gasteiger partial charge in [0.1, 0.15) is 6.61 Å². The third kappa shape index (κ3) is 13.9. The van der Waals surface area contributed by atoms with Gasteiger partial charge in [-0.15, -0.1) is 5.06 Å². The second-order valence-electron chi connectivity index (χ2n) is 18.2. The number of amides is 2. The van der Waals surface area contributed by atoms with Gasteiger partial charge in [-0.2, -0.15) is 21.4 Å². The fraction of sp³-hybridized carbons (Fsp3) is 0.440. The molecule has 0 aliphatic carbocycles. The lowest BCUT2D eigenvalue weighted by molar-refractivity contribution is -0.442. The molecule has 0 bridgehead atoms. The van der Waals surface area contributed by atoms with Crippen LogP contribution >= 0.6 is 0 Å². The molecule has 22 heteroatoms. The Balaban J connectivity index is 1.06. The number of nitro benzene ring substituents is 1. The van der Waals surface area contributed by atoms with E-state index in [-0.39, 0.29) is 34.7 Å². The molecule has 0 unspecified atom stereocenters. The van der Waals surface area contributed by atoms with Gasteiger partial charge in [0.2, 0.25) is 5.69 Å². The number of nitrogens with zero attached hydrogens (tertiary/aromatic N) is 4. The smallest absolute Gasteiger partial charge is 0.333 e. The van der Waals surface area contributed by atoms with E-state index in [1.165, 1.54) is 36.4 Å². The Bertz CT molecular complexity index is 2840. The van der Waals surface area contributed by atoms with Crippen molar-refractivity contribution in [2.45, 2.75) is 93.4 Å². The SMILES string of the molecule is CC1(C)C(/C=C/C=C/C=C2/N(CCCCCC(=O)ON3C(=O)CCC3=O)c3ccc(S(=O)(=O)O)cc3C2(C)C)=[N+](CCOCCOCCOCCOCc2ccc([N+](=O)[O-])cc2)c2ccc(S(=O)(=O)O)cc21. The predicted molar refractivity (Wildman–Crippen MR) is 263 cm³/mol. The first-order valence-corrected chi connectivity index (χ1v) is 26.3. The van der Waals surface area contributed by atoms with Gasteiger partial charge in [0.15, 0.2) is 12.3 Å². The number of benzene rings is 3. The Labute approximate surface area is 419 Å². The van der Waals surface area contributed by atoms with E-state index in [0.717, 1.165) is 28.3 Å². The molecule has 0 atom stereocenters. The average Bonchev–Trinajstić information content (AvgIpc) is 3.83. The number of nitro groups is 1. The molecule has 0 radical (unpaired) electrons. The van der Waals surface area contributed by atoms with E-state index in [9.17, 15) is 50.4 Å². The molecule has 3 aliphatic rings. The van der Waals surface area contributed by atoms with E-state index < -0.39 is 53.8 Å². The van der Waals surface area contributed by atoms with Crippen molar-refractivity contribution in [3.8, 4) is 0 Å². The lowest BCUT2D eigenvalue weighted by Gasteiger charge is -2.27. The van der Waals surface area contributed by atoms with Crippen molar-refractivity contribution < 1.29 is 73.6 Å². The van der Waals surface area contributed by atoms with Gasteiger partial charge >= 0.3 is 5.97 Å². The van der Waals surface area contributed by atoms with Gasteiger partial charge in [0.05, 0.1) is 66.4 Å². The van der Waals surface area contributed by atoms with E-state index in [2.05, 4.69) is 4.90 Å². The third-order valence-corrected chi connectivity index (χ3v) is 14.2. The minimum absolute atomic E-state index is 0.00442. The summed E-state index contributed by atoms with van der Waals surface area (Å²) in [4.78, 5) is 53.0. The van der Waals surface area contributed by atoms with Crippen LogP contribution < -0.4 is 4.90 Å². The summed E-state index contributed by atoms with van der Waals surface area (Å²) < 4.78 is 93.2. The standard InChI is InChI=1S/C50H60N4O16S2/c1-49(2)40-33-38(71(60,61)62)18-20-42(40)51(24-10-6-9-13-48(57)70-53-46(55)22-23-47(53)56)44(49)11-7-5-8-12-45-50(3,4)41-34-39(72(63,64)65)19-21-43(41)52(45)25-26-66-27-28-67-29-30-68-31-32-69-35-36-14-16-37(17-15-36)54(58)59/h5,7-8,11-12,14-21,33-34H,6,9-10,13,22-32,35H2,1-4H3,(H-,60,61,62,63,64,65)/p+1. The Morgan fingerprint density at radius 1 is 0.736 bits per heavy atom. The molecule has 3 aromatic rings. The number of carbonyl (C=O) groups is 3. The maximum absolute atomic E-state index is 12.4. The van der Waals surface area contributed by atoms with Crippen molar-refractivity contribution in [2.75, 3.05) is 64.2 Å². The summed E-state index contributed by atoms with van der Waals surface area (Å²) in [6.07, 6.45) is 11.1. The van der Waals surface area contributed by atoms with E-state index in [1.54, 1.807) is 24.3 Å². The number of anilines is 1. The lowest BCUT2D eigenvalue weighted by atomic mass is 9.81. The van der Waals surface area contributed by atoms with Gasteiger partial charge in [-0.3, -0.25) is 28.8 Å². The Kier molecular flexibility index (Phi) is 18.6. The summed E-state index contributed by atoms with van der Waals surface area (Å²) in [6.45, 7) is 11.4. The summed E-state index contributed by atoms with van der Waals surface area (Å²) in [5.41, 5.74) is 4.02. The molecular weight excluding hydrogens is 977 g/mol. The number of imide groups is 1. The van der Waals surface area contributed by atoms with Crippen LogP contribution in [0, 0.1) is 10.1 Å². The van der Waals surface area contributed by atoms with Crippen molar-refractivity contribution in [3.05, 3.63) is 124 Å². The number of unbranched alkanes of at least 4 members (excludes halogenated alkanes) is 2. The Morgan fingerprint density at radius 2 is 1.32 bits per heavy atom. The molecule has 0 spiro atoms. The first-order chi connectivity index (χ1) is 34.1. The van der Waals surface area contributed by atoms with Crippen LogP contribution in [0.1, 0.15) is 82.9 Å². The quantitative estimate of drug-likeness (QED) is 0.0153. The van der Waals surface area contributed by atoms with Gasteiger partial charge in [0, 0.05) is 72.4 Å². The molecular formula is C50H61N4O16S2+. The minimum Gasteiger partial charge on any atom is -0.377 e. The van der Waals surface area contributed by atoms with Crippen molar-refractivity contribution >= 4 is 60.8 Å². The van der Waals surface area contributed by atoms with E-state index in [0.29, 0.717) is 101 Å². The van der Waals surface area contributed by atoms with Crippen LogP contribution in [0.4, 0.5) is 17.1 Å². The molecule has 1 saturated heterocycles. The number of hydrogen-bond donors (Lipinski definition) is 2. The number of rotatable bonds is 27. The maximum Gasteiger partial charge on any atom is 0.333 e. The molecule has 72 heavy (non-hydrogen) atoms. The minimum atomic E-state index is -4.49. The van der Waals surface area contributed by atoms with Crippen molar-refractivity contribution in [1.29, 1.82) is 0 Å². The largest absolute Gasteiger partial charge is 0.377 e. The summed E-state index contributed by atoms with van der Waals surface area (Å²) in [7, 11) is -8.97. The van der Waals surface area contributed by atoms with Gasteiger partial charge in [-0.1, -0.05) is 38.5 Å². The number of hydrogen-bond acceptors (Lipinski definition) is 15. The summed E-state index contributed by atoms with van der Waals surface area (Å²) in [5.74, 6) is -1.76. The molecule has 0 aromatic heterocycles. The Hall–Kier alpha value is -5.98. The van der Waals surface area contributed by atoms with E-state index in [4.69, 9.17) is 23.8 Å². The Morgan fingerprint density at radius 3 is 1.93 bits per heavy atom. The number of non-ortho nitro benzene ring substituents is 1. The van der Waals surface area contributed by atoms with Gasteiger partial charge < -0.3 is 28.7 Å². The first kappa shape index (κ1) is 55.3. The van der Waals surface area contributed by atoms with Crippen LogP contribution in [0.3, 0.4) is 0 Å². The van der Waals surface area contributed by atoms with Crippen molar-refractivity contribution in [2.24, 2.45) is 0 Å². The van der Waals surface area contributed by atoms with Crippen LogP contribution in [0.5, 0.6) is 0 Å². The molecule has 3 aromatic carbocycles. The molecule has 2 amide bonds. The van der Waals surface area contributed by atoms with Crippen LogP contribution in [-0.4, -0.2) is 123 Å². The zero-order chi connectivity index (χ0) is 52.3. The van der Waals surface area contributed by atoms with Crippen molar-refractivity contribution in [1.82, 2.24) is 5.06 Å². The second-order valence-corrected chi connectivity index (χ2v) is 21.1. The molecule has 20 nitrogen and oxygen atoms in total. The molecule has 0 saturated carbocycles. The molecule has 1 fully saturated rings. The predicted octanol–water partition coefficient (Wildman–Crippen LogP) is 6.69. The lowest BCUT2D eigenvalue weighted by Crippen LogP contribution is -2.32. The number of hydroxylamine groups is 2. The first-order valence-electron chi connectivity index (χ1n) is 23.4. The van der Waals surface area contributed by atoms with Gasteiger partial charge in [-0.25, -0.2) is 4.79 Å². The highest BCUT2D eigenvalue weighted by molar-refractivity contribution is 7.86. The zero-order valence-electron chi connectivity index (χ0n) is 40.7. The van der Waals surface area contributed by atoms with E-state index >= 15 is 0 Å². The molecule has 6 rings (SSSR count). The number of allylic oxidation sites excluding steroid dienone is 6. The normalized spacial score (nSPS) is 17.0. The van der Waals surface area contributed by atoms with Crippen molar-refractivity contribution in [3.63, 3.8) is 0 Å². The van der Waals surface area contributed by atoms with Crippen LogP contribution in [-0.2, 0) is 75.8 Å². The monoisotopic (exact) mass is 1040 g/mol. The number of ether oxygens (including phenoxy) is 4. The topological polar surface area (TPSA) is 259 Å². The number of carbonyl (C=O) groups excluding carboxylic acids is 3. The van der Waals surface area contributed by atoms with Gasteiger partial charge in [-0.05, 0) is 86.4 Å². The molecule has 3 heterocycles. The van der Waals surface area contributed by atoms with E-state index in [1.807, 2.05) is 62.7 Å². The van der Waals surface area contributed by atoms with Gasteiger partial charge in [0.25, 0.3) is 37.7 Å². The fourth-order valence-electron chi connectivity index (χ4n) is 8.71. The third-order valence-electron chi connectivity index (χ3n) is 12.5. The second kappa shape index (κ2) is 24.2. The highest BCUT2D eigenvalue weighted by Crippen LogP contribution is 2.49. The number of fused-ring (bicyclic) bond motifs is 2. The highest BCUT2D eigenvalue weighted by atomic mass is 32.2. The average molecular weight is 1040 g/mol. The molecule has 3 aliphatic heterocycles. The zero-order valence-corrected chi connectivity index (χ0v) is 42.3.